The molecule has 1 rings (SSSR count). The number of Topliss-reactive ketones (excluding diaryl/α,β-unsaturated/α-hetero) is 1. The zero-order chi connectivity index (χ0) is 14.8. The zero-order valence-corrected chi connectivity index (χ0v) is 13.0. The van der Waals surface area contributed by atoms with Gasteiger partial charge in [0.25, 0.3) is 0 Å². The lowest BCUT2D eigenvalue weighted by atomic mass is 10.1. The van der Waals surface area contributed by atoms with Gasteiger partial charge in [0, 0.05) is 5.56 Å². The van der Waals surface area contributed by atoms with Crippen molar-refractivity contribution in [2.75, 3.05) is 26.2 Å². The largest absolute Gasteiger partial charge is 0.494 e. The van der Waals surface area contributed by atoms with Crippen molar-refractivity contribution >= 4 is 5.78 Å². The van der Waals surface area contributed by atoms with Gasteiger partial charge in [-0.15, -0.1) is 0 Å². The molecule has 0 saturated heterocycles. The van der Waals surface area contributed by atoms with Crippen LogP contribution >= 0.6 is 0 Å². The molecule has 0 radical (unpaired) electrons. The van der Waals surface area contributed by atoms with Crippen LogP contribution in [0.5, 0.6) is 5.75 Å². The maximum Gasteiger partial charge on any atom is 0.176 e. The number of rotatable bonds is 10. The van der Waals surface area contributed by atoms with E-state index in [-0.39, 0.29) is 5.78 Å². The summed E-state index contributed by atoms with van der Waals surface area (Å²) in [6.07, 6.45) is 3.15. The molecule has 0 bridgehead atoms. The Balaban J connectivity index is 2.57. The van der Waals surface area contributed by atoms with Crippen LogP contribution in [0.1, 0.15) is 50.4 Å². The van der Waals surface area contributed by atoms with Crippen molar-refractivity contribution in [1.29, 1.82) is 0 Å². The van der Waals surface area contributed by atoms with E-state index in [1.54, 1.807) is 0 Å². The molecule has 1 aromatic carbocycles. The van der Waals surface area contributed by atoms with Gasteiger partial charge >= 0.3 is 0 Å². The number of hydrogen-bond acceptors (Lipinski definition) is 3. The Labute approximate surface area is 122 Å². The molecule has 0 heterocycles. The highest BCUT2D eigenvalue weighted by Crippen LogP contribution is 2.13. The van der Waals surface area contributed by atoms with Crippen molar-refractivity contribution in [2.45, 2.75) is 40.0 Å². The van der Waals surface area contributed by atoms with E-state index in [2.05, 4.69) is 25.7 Å². The lowest BCUT2D eigenvalue weighted by Crippen LogP contribution is -2.31. The van der Waals surface area contributed by atoms with Crippen molar-refractivity contribution in [3.63, 3.8) is 0 Å². The van der Waals surface area contributed by atoms with Crippen molar-refractivity contribution < 1.29 is 9.53 Å². The number of carbonyl (C=O) groups is 1. The molecular formula is C17H27NO2. The van der Waals surface area contributed by atoms with Crippen LogP contribution in [0.3, 0.4) is 0 Å². The van der Waals surface area contributed by atoms with Crippen LogP contribution in [0.2, 0.25) is 0 Å². The molecule has 0 unspecified atom stereocenters. The van der Waals surface area contributed by atoms with Crippen LogP contribution in [0, 0.1) is 0 Å². The first-order chi connectivity index (χ1) is 9.71. The van der Waals surface area contributed by atoms with Gasteiger partial charge in [-0.2, -0.15) is 0 Å². The quantitative estimate of drug-likeness (QED) is 0.610. The van der Waals surface area contributed by atoms with Gasteiger partial charge in [0.1, 0.15) is 5.75 Å². The number of ether oxygens (including phenoxy) is 1. The number of ketones is 1. The zero-order valence-electron chi connectivity index (χ0n) is 13.0. The predicted molar refractivity (Wildman–Crippen MR) is 83.6 cm³/mol. The third kappa shape index (κ3) is 5.74. The monoisotopic (exact) mass is 277 g/mol. The molecule has 0 fully saturated rings. The van der Waals surface area contributed by atoms with Crippen LogP contribution in [0.4, 0.5) is 0 Å². The Kier molecular flexibility index (Phi) is 7.97. The van der Waals surface area contributed by atoms with Crippen LogP contribution in [0.15, 0.2) is 24.3 Å². The minimum Gasteiger partial charge on any atom is -0.494 e. The Morgan fingerprint density at radius 3 is 2.10 bits per heavy atom. The minimum absolute atomic E-state index is 0.189. The van der Waals surface area contributed by atoms with E-state index in [1.807, 2.05) is 24.3 Å². The lowest BCUT2D eigenvalue weighted by Gasteiger charge is -2.19. The van der Waals surface area contributed by atoms with E-state index >= 15 is 0 Å². The Bertz CT molecular complexity index is 380. The van der Waals surface area contributed by atoms with E-state index < -0.39 is 0 Å². The van der Waals surface area contributed by atoms with Gasteiger partial charge in [0.05, 0.1) is 13.2 Å². The topological polar surface area (TPSA) is 29.5 Å². The molecule has 3 heteroatoms. The molecule has 112 valence electrons. The van der Waals surface area contributed by atoms with Crippen molar-refractivity contribution in [3.8, 4) is 5.75 Å². The van der Waals surface area contributed by atoms with Gasteiger partial charge in [-0.05, 0) is 56.6 Å². The molecule has 0 spiro atoms. The average molecular weight is 277 g/mol. The van der Waals surface area contributed by atoms with Crippen molar-refractivity contribution in [2.24, 2.45) is 0 Å². The summed E-state index contributed by atoms with van der Waals surface area (Å²) in [5, 5.41) is 0. The Morgan fingerprint density at radius 2 is 1.60 bits per heavy atom. The Hall–Kier alpha value is -1.35. The first-order valence-electron chi connectivity index (χ1n) is 7.69. The normalized spacial score (nSPS) is 10.8. The number of nitrogens with zero attached hydrogens (tertiary/aromatic N) is 1. The average Bonchev–Trinajstić information content (AvgIpc) is 2.46. The molecule has 0 aliphatic heterocycles. The van der Waals surface area contributed by atoms with Crippen LogP contribution < -0.4 is 4.74 Å². The molecule has 0 saturated carbocycles. The molecule has 0 amide bonds. The van der Waals surface area contributed by atoms with E-state index in [1.165, 1.54) is 0 Å². The molecule has 0 aliphatic rings. The summed E-state index contributed by atoms with van der Waals surface area (Å²) in [4.78, 5) is 14.5. The van der Waals surface area contributed by atoms with Crippen LogP contribution in [0.25, 0.3) is 0 Å². The maximum absolute atomic E-state index is 12.2. The third-order valence-corrected chi connectivity index (χ3v) is 3.10. The van der Waals surface area contributed by atoms with Gasteiger partial charge in [0.2, 0.25) is 0 Å². The van der Waals surface area contributed by atoms with Gasteiger partial charge in [-0.25, -0.2) is 0 Å². The van der Waals surface area contributed by atoms with Crippen molar-refractivity contribution in [1.82, 2.24) is 4.90 Å². The number of hydrogen-bond donors (Lipinski definition) is 0. The van der Waals surface area contributed by atoms with Crippen LogP contribution in [-0.4, -0.2) is 36.9 Å². The summed E-state index contributed by atoms with van der Waals surface area (Å²) >= 11 is 0. The summed E-state index contributed by atoms with van der Waals surface area (Å²) < 4.78 is 5.53. The maximum atomic E-state index is 12.2. The second-order valence-corrected chi connectivity index (χ2v) is 5.07. The second kappa shape index (κ2) is 9.54. The molecule has 0 atom stereocenters. The third-order valence-electron chi connectivity index (χ3n) is 3.10. The number of carbonyl (C=O) groups excluding carboxylic acids is 1. The molecule has 20 heavy (non-hydrogen) atoms. The highest BCUT2D eigenvalue weighted by atomic mass is 16.5. The molecule has 3 nitrogen and oxygen atoms in total. The lowest BCUT2D eigenvalue weighted by molar-refractivity contribution is 0.0930. The highest BCUT2D eigenvalue weighted by molar-refractivity contribution is 5.97. The summed E-state index contributed by atoms with van der Waals surface area (Å²) in [6, 6.07) is 7.49. The van der Waals surface area contributed by atoms with E-state index in [0.717, 1.165) is 43.7 Å². The second-order valence-electron chi connectivity index (χ2n) is 5.07. The fourth-order valence-electron chi connectivity index (χ4n) is 2.15. The highest BCUT2D eigenvalue weighted by Gasteiger charge is 2.11. The standard InChI is InChI=1S/C17H27NO2/c1-4-11-18(12-5-2)14-17(19)15-7-9-16(10-8-15)20-13-6-3/h7-10H,4-6,11-14H2,1-3H3. The van der Waals surface area contributed by atoms with E-state index in [9.17, 15) is 4.79 Å². The summed E-state index contributed by atoms with van der Waals surface area (Å²) in [5.41, 5.74) is 0.769. The fraction of sp³-hybridized carbons (Fsp3) is 0.588. The van der Waals surface area contributed by atoms with Gasteiger partial charge < -0.3 is 4.74 Å². The van der Waals surface area contributed by atoms with Crippen molar-refractivity contribution in [3.05, 3.63) is 29.8 Å². The fourth-order valence-corrected chi connectivity index (χ4v) is 2.15. The molecule has 1 aromatic rings. The summed E-state index contributed by atoms with van der Waals surface area (Å²) in [5.74, 6) is 1.02. The predicted octanol–water partition coefficient (Wildman–Crippen LogP) is 3.78. The van der Waals surface area contributed by atoms with Gasteiger partial charge in [0.15, 0.2) is 5.78 Å². The molecule has 0 N–H and O–H groups in total. The first-order valence-corrected chi connectivity index (χ1v) is 7.69. The van der Waals surface area contributed by atoms with E-state index in [0.29, 0.717) is 13.2 Å². The smallest absolute Gasteiger partial charge is 0.176 e. The Morgan fingerprint density at radius 1 is 1.00 bits per heavy atom. The summed E-state index contributed by atoms with van der Waals surface area (Å²) in [6.45, 7) is 9.56. The first kappa shape index (κ1) is 16.7. The minimum atomic E-state index is 0.189. The van der Waals surface area contributed by atoms with Gasteiger partial charge in [-0.1, -0.05) is 20.8 Å². The van der Waals surface area contributed by atoms with Crippen LogP contribution in [-0.2, 0) is 0 Å². The molecule has 0 aromatic heterocycles. The number of benzene rings is 1. The molecular weight excluding hydrogens is 250 g/mol. The molecule has 0 aliphatic carbocycles. The summed E-state index contributed by atoms with van der Waals surface area (Å²) in [7, 11) is 0. The SMILES string of the molecule is CCCOc1ccc(C(=O)CN(CCC)CCC)cc1. The van der Waals surface area contributed by atoms with Gasteiger partial charge in [-0.3, -0.25) is 9.69 Å². The van der Waals surface area contributed by atoms with E-state index in [4.69, 9.17) is 4.74 Å².